The van der Waals surface area contributed by atoms with E-state index >= 15 is 0 Å². The molecule has 0 aromatic heterocycles. The number of alkyl halides is 3. The standard InChI is InChI=1S/C21H23F3N2O/c1-14-4-6-15(7-5-14)18-12-26(13-19(18)25(2)3)20(27)16-8-10-17(11-9-16)21(22,23)24/h4-11,18-19H,12-13H2,1-3H3/t18-,19+/m0/s1. The predicted octanol–water partition coefficient (Wildman–Crippen LogP) is 4.18. The van der Waals surface area contributed by atoms with Crippen LogP contribution in [0.5, 0.6) is 0 Å². The number of hydrogen-bond donors (Lipinski definition) is 0. The van der Waals surface area contributed by atoms with Gasteiger partial charge in [-0.2, -0.15) is 13.2 Å². The van der Waals surface area contributed by atoms with E-state index in [1.165, 1.54) is 23.3 Å². The lowest BCUT2D eigenvalue weighted by atomic mass is 9.93. The molecule has 1 heterocycles. The molecule has 144 valence electrons. The van der Waals surface area contributed by atoms with E-state index in [0.29, 0.717) is 13.1 Å². The summed E-state index contributed by atoms with van der Waals surface area (Å²) in [6.45, 7) is 3.12. The van der Waals surface area contributed by atoms with Crippen LogP contribution >= 0.6 is 0 Å². The van der Waals surface area contributed by atoms with Gasteiger partial charge in [-0.3, -0.25) is 4.79 Å². The van der Waals surface area contributed by atoms with Gasteiger partial charge in [-0.05, 0) is 50.8 Å². The first-order chi connectivity index (χ1) is 12.7. The zero-order chi connectivity index (χ0) is 19.8. The molecule has 0 bridgehead atoms. The Morgan fingerprint density at radius 3 is 2.11 bits per heavy atom. The number of carbonyl (C=O) groups excluding carboxylic acids is 1. The van der Waals surface area contributed by atoms with Gasteiger partial charge in [0.15, 0.2) is 0 Å². The fourth-order valence-corrected chi connectivity index (χ4v) is 3.60. The minimum Gasteiger partial charge on any atom is -0.336 e. The first-order valence-corrected chi connectivity index (χ1v) is 8.86. The van der Waals surface area contributed by atoms with Crippen molar-refractivity contribution in [1.82, 2.24) is 9.80 Å². The highest BCUT2D eigenvalue weighted by atomic mass is 19.4. The molecule has 2 aromatic rings. The van der Waals surface area contributed by atoms with Crippen molar-refractivity contribution in [2.24, 2.45) is 0 Å². The lowest BCUT2D eigenvalue weighted by Gasteiger charge is -2.25. The van der Waals surface area contributed by atoms with Crippen molar-refractivity contribution in [2.75, 3.05) is 27.2 Å². The molecule has 27 heavy (non-hydrogen) atoms. The second-order valence-electron chi connectivity index (χ2n) is 7.33. The van der Waals surface area contributed by atoms with Crippen LogP contribution < -0.4 is 0 Å². The predicted molar refractivity (Wildman–Crippen MR) is 98.7 cm³/mol. The maximum Gasteiger partial charge on any atom is 0.416 e. The van der Waals surface area contributed by atoms with E-state index in [2.05, 4.69) is 29.2 Å². The molecule has 0 N–H and O–H groups in total. The van der Waals surface area contributed by atoms with Gasteiger partial charge < -0.3 is 9.80 Å². The SMILES string of the molecule is Cc1ccc([C@@H]2CN(C(=O)c3ccc(C(F)(F)F)cc3)C[C@H]2N(C)C)cc1. The molecule has 0 unspecified atom stereocenters. The summed E-state index contributed by atoms with van der Waals surface area (Å²) in [7, 11) is 3.97. The van der Waals surface area contributed by atoms with Crippen molar-refractivity contribution in [3.63, 3.8) is 0 Å². The topological polar surface area (TPSA) is 23.6 Å². The van der Waals surface area contributed by atoms with Crippen molar-refractivity contribution < 1.29 is 18.0 Å². The van der Waals surface area contributed by atoms with Crippen LogP contribution in [0.1, 0.15) is 33.0 Å². The zero-order valence-electron chi connectivity index (χ0n) is 15.6. The number of rotatable bonds is 3. The van der Waals surface area contributed by atoms with Crippen LogP contribution in [0.3, 0.4) is 0 Å². The molecule has 3 nitrogen and oxygen atoms in total. The Labute approximate surface area is 157 Å². The molecule has 1 fully saturated rings. The average Bonchev–Trinajstić information content (AvgIpc) is 3.07. The highest BCUT2D eigenvalue weighted by Gasteiger charge is 2.38. The third-order valence-electron chi connectivity index (χ3n) is 5.20. The fourth-order valence-electron chi connectivity index (χ4n) is 3.60. The van der Waals surface area contributed by atoms with Crippen LogP contribution in [0.15, 0.2) is 48.5 Å². The van der Waals surface area contributed by atoms with E-state index in [4.69, 9.17) is 0 Å². The van der Waals surface area contributed by atoms with Gasteiger partial charge >= 0.3 is 6.18 Å². The van der Waals surface area contributed by atoms with Gasteiger partial charge in [0.2, 0.25) is 0 Å². The number of halogens is 3. The molecule has 0 saturated carbocycles. The van der Waals surface area contributed by atoms with Crippen LogP contribution in [0.2, 0.25) is 0 Å². The average molecular weight is 376 g/mol. The molecule has 6 heteroatoms. The molecular formula is C21H23F3N2O. The number of hydrogen-bond acceptors (Lipinski definition) is 2. The minimum absolute atomic E-state index is 0.158. The summed E-state index contributed by atoms with van der Waals surface area (Å²) >= 11 is 0. The van der Waals surface area contributed by atoms with Crippen molar-refractivity contribution >= 4 is 5.91 Å². The summed E-state index contributed by atoms with van der Waals surface area (Å²) in [4.78, 5) is 16.7. The lowest BCUT2D eigenvalue weighted by molar-refractivity contribution is -0.137. The van der Waals surface area contributed by atoms with E-state index in [1.807, 2.05) is 21.0 Å². The Bertz CT molecular complexity index is 798. The Hall–Kier alpha value is -2.34. The van der Waals surface area contributed by atoms with Gasteiger partial charge in [0.1, 0.15) is 0 Å². The Morgan fingerprint density at radius 2 is 1.59 bits per heavy atom. The summed E-state index contributed by atoms with van der Waals surface area (Å²) < 4.78 is 38.2. The molecule has 0 radical (unpaired) electrons. The number of carbonyl (C=O) groups is 1. The van der Waals surface area contributed by atoms with Crippen LogP contribution in [0, 0.1) is 6.92 Å². The number of amides is 1. The largest absolute Gasteiger partial charge is 0.416 e. The number of aryl methyl sites for hydroxylation is 1. The molecule has 1 amide bonds. The second kappa shape index (κ2) is 7.35. The minimum atomic E-state index is -4.40. The maximum absolute atomic E-state index is 12.8. The van der Waals surface area contributed by atoms with E-state index in [1.54, 1.807) is 4.90 Å². The molecule has 2 atom stereocenters. The zero-order valence-corrected chi connectivity index (χ0v) is 15.6. The molecule has 0 aliphatic carbocycles. The summed E-state index contributed by atoms with van der Waals surface area (Å²) in [5.74, 6) is -0.0656. The lowest BCUT2D eigenvalue weighted by Crippen LogP contribution is -2.35. The Balaban J connectivity index is 1.80. The van der Waals surface area contributed by atoms with Gasteiger partial charge in [-0.15, -0.1) is 0 Å². The summed E-state index contributed by atoms with van der Waals surface area (Å²) in [5.41, 5.74) is 1.88. The van der Waals surface area contributed by atoms with Crippen LogP contribution in [-0.2, 0) is 6.18 Å². The molecule has 3 rings (SSSR count). The smallest absolute Gasteiger partial charge is 0.336 e. The van der Waals surface area contributed by atoms with Crippen LogP contribution in [0.4, 0.5) is 13.2 Å². The highest BCUT2D eigenvalue weighted by Crippen LogP contribution is 2.32. The summed E-state index contributed by atoms with van der Waals surface area (Å²) in [6, 6.07) is 12.9. The third-order valence-corrected chi connectivity index (χ3v) is 5.20. The normalized spacial score (nSPS) is 20.3. The number of benzene rings is 2. The quantitative estimate of drug-likeness (QED) is 0.802. The summed E-state index contributed by atoms with van der Waals surface area (Å²) in [5, 5.41) is 0. The monoisotopic (exact) mass is 376 g/mol. The van der Waals surface area contributed by atoms with E-state index in [9.17, 15) is 18.0 Å². The molecule has 0 spiro atoms. The fraction of sp³-hybridized carbons (Fsp3) is 0.381. The molecule has 2 aromatic carbocycles. The molecule has 1 aliphatic heterocycles. The van der Waals surface area contributed by atoms with Gasteiger partial charge in [0.25, 0.3) is 5.91 Å². The third kappa shape index (κ3) is 4.16. The molecular weight excluding hydrogens is 353 g/mol. The van der Waals surface area contributed by atoms with Gasteiger partial charge in [-0.25, -0.2) is 0 Å². The van der Waals surface area contributed by atoms with Gasteiger partial charge in [-0.1, -0.05) is 29.8 Å². The van der Waals surface area contributed by atoms with Crippen molar-refractivity contribution in [3.8, 4) is 0 Å². The van der Waals surface area contributed by atoms with E-state index in [-0.39, 0.29) is 23.4 Å². The maximum atomic E-state index is 12.8. The first kappa shape index (κ1) is 19.4. The van der Waals surface area contributed by atoms with E-state index in [0.717, 1.165) is 12.1 Å². The number of likely N-dealkylation sites (tertiary alicyclic amines) is 1. The van der Waals surface area contributed by atoms with Crippen LogP contribution in [-0.4, -0.2) is 48.9 Å². The van der Waals surface area contributed by atoms with Gasteiger partial charge in [0.05, 0.1) is 5.56 Å². The first-order valence-electron chi connectivity index (χ1n) is 8.86. The van der Waals surface area contributed by atoms with Crippen molar-refractivity contribution in [2.45, 2.75) is 25.1 Å². The number of nitrogens with zero attached hydrogens (tertiary/aromatic N) is 2. The van der Waals surface area contributed by atoms with Crippen molar-refractivity contribution in [3.05, 3.63) is 70.8 Å². The number of likely N-dealkylation sites (N-methyl/N-ethyl adjacent to an activating group) is 1. The van der Waals surface area contributed by atoms with Crippen LogP contribution in [0.25, 0.3) is 0 Å². The Morgan fingerprint density at radius 1 is 1.00 bits per heavy atom. The van der Waals surface area contributed by atoms with E-state index < -0.39 is 11.7 Å². The second-order valence-corrected chi connectivity index (χ2v) is 7.33. The highest BCUT2D eigenvalue weighted by molar-refractivity contribution is 5.94. The molecule has 1 saturated heterocycles. The molecule has 1 aliphatic rings. The Kier molecular flexibility index (Phi) is 5.29. The summed E-state index contributed by atoms with van der Waals surface area (Å²) in [6.07, 6.45) is -4.40. The van der Waals surface area contributed by atoms with Gasteiger partial charge in [0, 0.05) is 30.6 Å². The van der Waals surface area contributed by atoms with Crippen molar-refractivity contribution in [1.29, 1.82) is 0 Å².